The number of carbonyl (C=O) groups excluding carboxylic acids is 1. The van der Waals surface area contributed by atoms with Gasteiger partial charge in [0.1, 0.15) is 5.82 Å². The third-order valence-corrected chi connectivity index (χ3v) is 7.59. The lowest BCUT2D eigenvalue weighted by molar-refractivity contribution is -0.123. The second kappa shape index (κ2) is 9.72. The SMILES string of the molecule is Cc1ncc([C@@H](CC(=O)NC[C@H](Cc2ccc3[nH]c(=O)oc3c2C)N(C)C)C2(C(C)(F)F)CC2)cn1. The Morgan fingerprint density at radius 2 is 1.92 bits per heavy atom. The second-order valence-corrected chi connectivity index (χ2v) is 10.2. The van der Waals surface area contributed by atoms with Gasteiger partial charge in [-0.1, -0.05) is 6.07 Å². The zero-order valence-corrected chi connectivity index (χ0v) is 21.3. The van der Waals surface area contributed by atoms with Gasteiger partial charge in [-0.2, -0.15) is 0 Å². The number of oxazole rings is 1. The summed E-state index contributed by atoms with van der Waals surface area (Å²) in [6.07, 6.45) is 4.39. The fraction of sp³-hybridized carbons (Fsp3) is 0.538. The Morgan fingerprint density at radius 1 is 1.25 bits per heavy atom. The van der Waals surface area contributed by atoms with Gasteiger partial charge >= 0.3 is 5.76 Å². The molecule has 1 aromatic carbocycles. The third kappa shape index (κ3) is 5.18. The maximum absolute atomic E-state index is 14.6. The standard InChI is InChI=1S/C26H33F2N5O3/c1-15-17(6-7-21-23(15)36-24(35)32-21)10-19(33(4)5)14-31-22(34)11-20(18-12-29-16(2)30-13-18)26(8-9-26)25(3,27)28/h6-7,12-13,19-20H,8-11,14H2,1-5H3,(H,31,34)(H,32,35)/t19-,20+/m0/s1. The van der Waals surface area contributed by atoms with Crippen LogP contribution in [0.3, 0.4) is 0 Å². The van der Waals surface area contributed by atoms with Crippen molar-refractivity contribution in [3.8, 4) is 0 Å². The van der Waals surface area contributed by atoms with Gasteiger partial charge in [-0.15, -0.1) is 0 Å². The number of H-pyrrole nitrogens is 1. The first kappa shape index (κ1) is 25.9. The molecule has 0 unspecified atom stereocenters. The van der Waals surface area contributed by atoms with Gasteiger partial charge < -0.3 is 14.6 Å². The van der Waals surface area contributed by atoms with Crippen LogP contribution in [0.1, 0.15) is 54.6 Å². The van der Waals surface area contributed by atoms with Crippen LogP contribution in [0.2, 0.25) is 0 Å². The van der Waals surface area contributed by atoms with Gasteiger partial charge in [-0.3, -0.25) is 9.78 Å². The molecule has 2 heterocycles. The van der Waals surface area contributed by atoms with Gasteiger partial charge in [0.2, 0.25) is 5.91 Å². The molecular formula is C26H33F2N5O3. The molecule has 194 valence electrons. The summed E-state index contributed by atoms with van der Waals surface area (Å²) in [4.78, 5) is 37.6. The zero-order valence-electron chi connectivity index (χ0n) is 21.3. The van der Waals surface area contributed by atoms with Crippen LogP contribution in [-0.2, 0) is 11.2 Å². The molecule has 1 fully saturated rings. The predicted molar refractivity (Wildman–Crippen MR) is 132 cm³/mol. The lowest BCUT2D eigenvalue weighted by Crippen LogP contribution is -2.43. The number of hydrogen-bond acceptors (Lipinski definition) is 6. The number of amides is 1. The van der Waals surface area contributed by atoms with Gasteiger partial charge in [0.25, 0.3) is 5.92 Å². The summed E-state index contributed by atoms with van der Waals surface area (Å²) in [5.41, 5.74) is 2.34. The van der Waals surface area contributed by atoms with Crippen molar-refractivity contribution in [1.82, 2.24) is 25.2 Å². The second-order valence-electron chi connectivity index (χ2n) is 10.2. The van der Waals surface area contributed by atoms with Crippen molar-refractivity contribution in [2.24, 2.45) is 5.41 Å². The van der Waals surface area contributed by atoms with Crippen molar-refractivity contribution in [3.63, 3.8) is 0 Å². The Hall–Kier alpha value is -3.14. The van der Waals surface area contributed by atoms with Crippen molar-refractivity contribution >= 4 is 17.0 Å². The molecule has 10 heteroatoms. The van der Waals surface area contributed by atoms with Crippen molar-refractivity contribution < 1.29 is 18.0 Å². The van der Waals surface area contributed by atoms with E-state index in [-0.39, 0.29) is 18.4 Å². The summed E-state index contributed by atoms with van der Waals surface area (Å²) in [5.74, 6) is -3.82. The molecule has 2 atom stereocenters. The van der Waals surface area contributed by atoms with E-state index in [1.54, 1.807) is 19.3 Å². The van der Waals surface area contributed by atoms with Crippen LogP contribution in [0, 0.1) is 19.3 Å². The summed E-state index contributed by atoms with van der Waals surface area (Å²) in [5, 5.41) is 2.96. The average molecular weight is 502 g/mol. The Bertz CT molecular complexity index is 1290. The summed E-state index contributed by atoms with van der Waals surface area (Å²) in [6.45, 7) is 4.91. The summed E-state index contributed by atoms with van der Waals surface area (Å²) in [7, 11) is 3.84. The minimum absolute atomic E-state index is 0.0561. The fourth-order valence-corrected chi connectivity index (χ4v) is 5.03. The molecular weight excluding hydrogens is 468 g/mol. The highest BCUT2D eigenvalue weighted by atomic mass is 19.3. The molecule has 36 heavy (non-hydrogen) atoms. The number of aryl methyl sites for hydroxylation is 2. The highest BCUT2D eigenvalue weighted by molar-refractivity contribution is 5.78. The molecule has 8 nitrogen and oxygen atoms in total. The Kier molecular flexibility index (Phi) is 7.01. The van der Waals surface area contributed by atoms with E-state index in [1.165, 1.54) is 0 Å². The van der Waals surface area contributed by atoms with Crippen LogP contribution in [0.4, 0.5) is 8.78 Å². The first-order valence-electron chi connectivity index (χ1n) is 12.1. The lowest BCUT2D eigenvalue weighted by atomic mass is 9.78. The van der Waals surface area contributed by atoms with E-state index in [1.807, 2.05) is 38.1 Å². The number of fused-ring (bicyclic) bond motifs is 1. The van der Waals surface area contributed by atoms with Crippen LogP contribution in [-0.4, -0.2) is 58.4 Å². The smallest absolute Gasteiger partial charge is 0.408 e. The number of rotatable bonds is 10. The normalized spacial score (nSPS) is 16.8. The zero-order chi connectivity index (χ0) is 26.3. The van der Waals surface area contributed by atoms with E-state index >= 15 is 0 Å². The molecule has 2 aromatic heterocycles. The number of likely N-dealkylation sites (N-methyl/N-ethyl adjacent to an activating group) is 1. The molecule has 0 spiro atoms. The monoisotopic (exact) mass is 501 g/mol. The van der Waals surface area contributed by atoms with E-state index in [4.69, 9.17) is 4.42 Å². The summed E-state index contributed by atoms with van der Waals surface area (Å²) in [6, 6.07) is 3.69. The number of nitrogens with one attached hydrogen (secondary N) is 2. The molecule has 1 aliphatic carbocycles. The molecule has 0 bridgehead atoms. The minimum Gasteiger partial charge on any atom is -0.408 e. The molecule has 1 amide bonds. The Labute approximate surface area is 208 Å². The number of halogens is 2. The largest absolute Gasteiger partial charge is 0.417 e. The minimum atomic E-state index is -2.92. The van der Waals surface area contributed by atoms with Crippen molar-refractivity contribution in [3.05, 3.63) is 57.6 Å². The summed E-state index contributed by atoms with van der Waals surface area (Å²) >= 11 is 0. The molecule has 2 N–H and O–H groups in total. The Morgan fingerprint density at radius 3 is 2.50 bits per heavy atom. The number of nitrogens with zero attached hydrogens (tertiary/aromatic N) is 3. The molecule has 1 aliphatic rings. The number of benzene rings is 1. The van der Waals surface area contributed by atoms with Gasteiger partial charge in [0.05, 0.1) is 5.52 Å². The first-order chi connectivity index (χ1) is 16.9. The third-order valence-electron chi connectivity index (χ3n) is 7.59. The van der Waals surface area contributed by atoms with Crippen molar-refractivity contribution in [2.75, 3.05) is 20.6 Å². The van der Waals surface area contributed by atoms with Crippen molar-refractivity contribution in [2.45, 2.75) is 64.3 Å². The summed E-state index contributed by atoms with van der Waals surface area (Å²) < 4.78 is 34.5. The van der Waals surface area contributed by atoms with Crippen LogP contribution >= 0.6 is 0 Å². The molecule has 0 saturated heterocycles. The fourth-order valence-electron chi connectivity index (χ4n) is 5.03. The predicted octanol–water partition coefficient (Wildman–Crippen LogP) is 3.73. The van der Waals surface area contributed by atoms with Gasteiger partial charge in [-0.05, 0) is 76.9 Å². The molecule has 0 radical (unpaired) electrons. The molecule has 1 saturated carbocycles. The highest BCUT2D eigenvalue weighted by Gasteiger charge is 2.63. The molecule has 3 aromatic rings. The Balaban J connectivity index is 1.47. The van der Waals surface area contributed by atoms with Gasteiger partial charge in [-0.25, -0.2) is 23.5 Å². The van der Waals surface area contributed by atoms with E-state index in [0.29, 0.717) is 48.3 Å². The van der Waals surface area contributed by atoms with Crippen molar-refractivity contribution in [1.29, 1.82) is 0 Å². The topological polar surface area (TPSA) is 104 Å². The lowest BCUT2D eigenvalue weighted by Gasteiger charge is -2.32. The van der Waals surface area contributed by atoms with Crippen LogP contribution in [0.25, 0.3) is 11.1 Å². The van der Waals surface area contributed by atoms with Crippen LogP contribution in [0.5, 0.6) is 0 Å². The maximum Gasteiger partial charge on any atom is 0.417 e. The number of aromatic nitrogens is 3. The van der Waals surface area contributed by atoms with E-state index < -0.39 is 23.0 Å². The average Bonchev–Trinajstić information content (AvgIpc) is 3.53. The van der Waals surface area contributed by atoms with E-state index in [2.05, 4.69) is 20.3 Å². The number of carbonyl (C=O) groups is 1. The van der Waals surface area contributed by atoms with Gasteiger partial charge in [0.15, 0.2) is 5.58 Å². The quantitative estimate of drug-likeness (QED) is 0.439. The molecule has 0 aliphatic heterocycles. The van der Waals surface area contributed by atoms with Gasteiger partial charge in [0, 0.05) is 42.7 Å². The van der Waals surface area contributed by atoms with E-state index in [9.17, 15) is 18.4 Å². The number of aromatic amines is 1. The van der Waals surface area contributed by atoms with E-state index in [0.717, 1.165) is 18.1 Å². The maximum atomic E-state index is 14.6. The van der Waals surface area contributed by atoms with Crippen LogP contribution in [0.15, 0.2) is 33.7 Å². The highest BCUT2D eigenvalue weighted by Crippen LogP contribution is 2.65. The van der Waals surface area contributed by atoms with Crippen LogP contribution < -0.4 is 11.1 Å². The number of hydrogen-bond donors (Lipinski definition) is 2. The first-order valence-corrected chi connectivity index (χ1v) is 12.1. The molecule has 4 rings (SSSR count). The number of alkyl halides is 2.